The molecule has 2 heterocycles. The van der Waals surface area contributed by atoms with Crippen LogP contribution in [-0.4, -0.2) is 39.3 Å². The highest BCUT2D eigenvalue weighted by atomic mass is 16.4. The maximum absolute atomic E-state index is 10.7. The molecule has 0 aliphatic carbocycles. The summed E-state index contributed by atoms with van der Waals surface area (Å²) in [5.74, 6) is 0.144. The van der Waals surface area contributed by atoms with E-state index >= 15 is 0 Å². The fourth-order valence-corrected chi connectivity index (χ4v) is 1.86. The monoisotopic (exact) mass is 224 g/mol. The highest BCUT2D eigenvalue weighted by Gasteiger charge is 2.38. The molecular formula is C10H16N4O2. The molecule has 0 unspecified atom stereocenters. The first-order valence-corrected chi connectivity index (χ1v) is 5.25. The molecule has 0 radical (unpaired) electrons. The molecule has 0 bridgehead atoms. The first kappa shape index (κ1) is 11.1. The predicted octanol–water partition coefficient (Wildman–Crippen LogP) is -0.674. The van der Waals surface area contributed by atoms with Gasteiger partial charge >= 0.3 is 5.97 Å². The van der Waals surface area contributed by atoms with Crippen molar-refractivity contribution in [3.8, 4) is 0 Å². The van der Waals surface area contributed by atoms with Crippen molar-refractivity contribution in [3.63, 3.8) is 0 Å². The lowest BCUT2D eigenvalue weighted by atomic mass is 9.88. The lowest BCUT2D eigenvalue weighted by molar-refractivity contribution is -0.139. The Balaban J connectivity index is 1.93. The van der Waals surface area contributed by atoms with E-state index < -0.39 is 5.97 Å². The van der Waals surface area contributed by atoms with Crippen molar-refractivity contribution < 1.29 is 9.90 Å². The molecule has 88 valence electrons. The second kappa shape index (κ2) is 4.23. The molecule has 0 aromatic carbocycles. The number of aromatic nitrogens is 2. The molecule has 16 heavy (non-hydrogen) atoms. The van der Waals surface area contributed by atoms with Crippen LogP contribution >= 0.6 is 0 Å². The van der Waals surface area contributed by atoms with Gasteiger partial charge in [0.15, 0.2) is 0 Å². The third-order valence-corrected chi connectivity index (χ3v) is 2.96. The Hall–Kier alpha value is -1.40. The number of carboxylic acids is 1. The lowest BCUT2D eigenvalue weighted by Crippen LogP contribution is -2.68. The van der Waals surface area contributed by atoms with Gasteiger partial charge in [0.2, 0.25) is 0 Å². The van der Waals surface area contributed by atoms with Crippen LogP contribution in [0.25, 0.3) is 0 Å². The number of imidazole rings is 1. The standard InChI is InChI=1S/C10H16N4O2/c1-14-3-2-12-8(14)5-13-10(4-9(15)16)6-11-7-10/h2-3,11,13H,4-7H2,1H3,(H,15,16). The first-order chi connectivity index (χ1) is 7.61. The van der Waals surface area contributed by atoms with Gasteiger partial charge in [0.25, 0.3) is 0 Å². The molecular weight excluding hydrogens is 208 g/mol. The van der Waals surface area contributed by atoms with E-state index in [0.717, 1.165) is 5.82 Å². The van der Waals surface area contributed by atoms with Gasteiger partial charge in [-0.3, -0.25) is 4.79 Å². The third kappa shape index (κ3) is 2.23. The zero-order valence-corrected chi connectivity index (χ0v) is 9.23. The Morgan fingerprint density at radius 3 is 2.94 bits per heavy atom. The number of aryl methyl sites for hydroxylation is 1. The Kier molecular flexibility index (Phi) is 2.93. The fraction of sp³-hybridized carbons (Fsp3) is 0.600. The second-order valence-electron chi connectivity index (χ2n) is 4.26. The van der Waals surface area contributed by atoms with E-state index in [0.29, 0.717) is 19.6 Å². The van der Waals surface area contributed by atoms with Crippen molar-refractivity contribution >= 4 is 5.97 Å². The largest absolute Gasteiger partial charge is 0.481 e. The van der Waals surface area contributed by atoms with Crippen LogP contribution < -0.4 is 10.6 Å². The van der Waals surface area contributed by atoms with Crippen LogP contribution in [0, 0.1) is 0 Å². The summed E-state index contributed by atoms with van der Waals surface area (Å²) < 4.78 is 1.92. The van der Waals surface area contributed by atoms with Gasteiger partial charge in [-0.2, -0.15) is 0 Å². The Morgan fingerprint density at radius 2 is 2.50 bits per heavy atom. The van der Waals surface area contributed by atoms with Gasteiger partial charge in [-0.15, -0.1) is 0 Å². The number of carboxylic acid groups (broad SMARTS) is 1. The molecule has 0 atom stereocenters. The maximum atomic E-state index is 10.7. The first-order valence-electron chi connectivity index (χ1n) is 5.25. The van der Waals surface area contributed by atoms with E-state index in [1.165, 1.54) is 0 Å². The number of rotatable bonds is 5. The van der Waals surface area contributed by atoms with E-state index in [1.807, 2.05) is 17.8 Å². The summed E-state index contributed by atoms with van der Waals surface area (Å²) in [4.78, 5) is 14.9. The van der Waals surface area contributed by atoms with Crippen molar-refractivity contribution in [3.05, 3.63) is 18.2 Å². The number of hydrogen-bond acceptors (Lipinski definition) is 4. The molecule has 1 fully saturated rings. The molecule has 0 saturated carbocycles. The van der Waals surface area contributed by atoms with Gasteiger partial charge < -0.3 is 20.3 Å². The summed E-state index contributed by atoms with van der Waals surface area (Å²) in [5, 5.41) is 15.2. The Bertz CT molecular complexity index is 384. The van der Waals surface area contributed by atoms with E-state index in [2.05, 4.69) is 15.6 Å². The zero-order valence-electron chi connectivity index (χ0n) is 9.23. The normalized spacial score (nSPS) is 18.1. The summed E-state index contributed by atoms with van der Waals surface area (Å²) in [6.45, 7) is 1.99. The van der Waals surface area contributed by atoms with Crippen molar-refractivity contribution in [1.82, 2.24) is 20.2 Å². The van der Waals surface area contributed by atoms with Crippen molar-refractivity contribution in [1.29, 1.82) is 0 Å². The number of aliphatic carboxylic acids is 1. The average Bonchev–Trinajstić information content (AvgIpc) is 2.55. The summed E-state index contributed by atoms with van der Waals surface area (Å²) >= 11 is 0. The quantitative estimate of drug-likeness (QED) is 0.618. The van der Waals surface area contributed by atoms with Gasteiger partial charge in [-0.1, -0.05) is 0 Å². The van der Waals surface area contributed by atoms with Crippen LogP contribution in [0.3, 0.4) is 0 Å². The highest BCUT2D eigenvalue weighted by Crippen LogP contribution is 2.16. The third-order valence-electron chi connectivity index (χ3n) is 2.96. The molecule has 6 heteroatoms. The molecule has 1 aliphatic rings. The number of carbonyl (C=O) groups is 1. The van der Waals surface area contributed by atoms with Gasteiger partial charge in [0, 0.05) is 32.5 Å². The van der Waals surface area contributed by atoms with E-state index in [1.54, 1.807) is 6.20 Å². The second-order valence-corrected chi connectivity index (χ2v) is 4.26. The molecule has 1 aromatic heterocycles. The van der Waals surface area contributed by atoms with E-state index in [-0.39, 0.29) is 12.0 Å². The van der Waals surface area contributed by atoms with E-state index in [9.17, 15) is 4.79 Å². The van der Waals surface area contributed by atoms with Gasteiger partial charge in [0.1, 0.15) is 5.82 Å². The molecule has 1 saturated heterocycles. The molecule has 0 amide bonds. The van der Waals surface area contributed by atoms with Crippen molar-refractivity contribution in [2.75, 3.05) is 13.1 Å². The van der Waals surface area contributed by atoms with Crippen LogP contribution in [0.4, 0.5) is 0 Å². The highest BCUT2D eigenvalue weighted by molar-refractivity contribution is 5.68. The fourth-order valence-electron chi connectivity index (χ4n) is 1.86. The van der Waals surface area contributed by atoms with Crippen molar-refractivity contribution in [2.45, 2.75) is 18.5 Å². The average molecular weight is 224 g/mol. The van der Waals surface area contributed by atoms with Crippen LogP contribution in [-0.2, 0) is 18.4 Å². The van der Waals surface area contributed by atoms with Crippen LogP contribution in [0.2, 0.25) is 0 Å². The smallest absolute Gasteiger partial charge is 0.305 e. The van der Waals surface area contributed by atoms with Gasteiger partial charge in [-0.25, -0.2) is 4.98 Å². The van der Waals surface area contributed by atoms with Crippen LogP contribution in [0.15, 0.2) is 12.4 Å². The van der Waals surface area contributed by atoms with Crippen LogP contribution in [0.1, 0.15) is 12.2 Å². The molecule has 6 nitrogen and oxygen atoms in total. The number of nitrogens with zero attached hydrogens (tertiary/aromatic N) is 2. The minimum Gasteiger partial charge on any atom is -0.481 e. The Labute approximate surface area is 93.7 Å². The summed E-state index contributed by atoms with van der Waals surface area (Å²) in [7, 11) is 1.92. The zero-order chi connectivity index (χ0) is 11.6. The van der Waals surface area contributed by atoms with Crippen molar-refractivity contribution in [2.24, 2.45) is 7.05 Å². The molecule has 3 N–H and O–H groups in total. The summed E-state index contributed by atoms with van der Waals surface area (Å²) in [6, 6.07) is 0. The topological polar surface area (TPSA) is 79.2 Å². The summed E-state index contributed by atoms with van der Waals surface area (Å²) in [6.07, 6.45) is 3.75. The molecule has 2 rings (SSSR count). The van der Waals surface area contributed by atoms with Gasteiger partial charge in [0.05, 0.1) is 18.5 Å². The molecule has 1 aromatic rings. The van der Waals surface area contributed by atoms with E-state index in [4.69, 9.17) is 5.11 Å². The van der Waals surface area contributed by atoms with Crippen LogP contribution in [0.5, 0.6) is 0 Å². The maximum Gasteiger partial charge on any atom is 0.305 e. The lowest BCUT2D eigenvalue weighted by Gasteiger charge is -2.42. The predicted molar refractivity (Wildman–Crippen MR) is 57.9 cm³/mol. The minimum atomic E-state index is -0.770. The summed E-state index contributed by atoms with van der Waals surface area (Å²) in [5.41, 5.74) is -0.308. The number of hydrogen-bond donors (Lipinski definition) is 3. The minimum absolute atomic E-state index is 0.143. The Morgan fingerprint density at radius 1 is 1.75 bits per heavy atom. The van der Waals surface area contributed by atoms with Gasteiger partial charge in [-0.05, 0) is 0 Å². The molecule has 0 spiro atoms. The molecule has 1 aliphatic heterocycles. The number of nitrogens with one attached hydrogen (secondary N) is 2. The SMILES string of the molecule is Cn1ccnc1CNC1(CC(=O)O)CNC1.